The number of rotatable bonds is 6. The maximum atomic E-state index is 12.4. The molecule has 23 heavy (non-hydrogen) atoms. The van der Waals surface area contributed by atoms with Crippen molar-refractivity contribution in [2.75, 3.05) is 13.2 Å². The SMILES string of the molecule is CCOC1CC(N)(C(=O)NCCn2ccnc2C)C1(C)C.Cl.Cl. The van der Waals surface area contributed by atoms with Gasteiger partial charge in [-0.3, -0.25) is 4.79 Å². The lowest BCUT2D eigenvalue weighted by molar-refractivity contribution is -0.170. The van der Waals surface area contributed by atoms with E-state index in [-0.39, 0.29) is 42.2 Å². The van der Waals surface area contributed by atoms with Crippen molar-refractivity contribution in [3.05, 3.63) is 18.2 Å². The molecule has 0 saturated heterocycles. The van der Waals surface area contributed by atoms with E-state index in [2.05, 4.69) is 10.3 Å². The van der Waals surface area contributed by atoms with Gasteiger partial charge in [0.15, 0.2) is 0 Å². The molecule has 1 aromatic rings. The van der Waals surface area contributed by atoms with Crippen LogP contribution < -0.4 is 11.1 Å². The van der Waals surface area contributed by atoms with Gasteiger partial charge in [-0.05, 0) is 13.8 Å². The zero-order valence-electron chi connectivity index (χ0n) is 14.2. The highest BCUT2D eigenvalue weighted by Crippen LogP contribution is 2.49. The topological polar surface area (TPSA) is 82.2 Å². The van der Waals surface area contributed by atoms with Gasteiger partial charge in [-0.2, -0.15) is 0 Å². The number of nitrogens with zero attached hydrogens (tertiary/aromatic N) is 2. The number of hydrogen-bond acceptors (Lipinski definition) is 4. The number of amides is 1. The molecular formula is C15H28Cl2N4O2. The van der Waals surface area contributed by atoms with Gasteiger partial charge < -0.3 is 20.4 Å². The molecule has 6 nitrogen and oxygen atoms in total. The fourth-order valence-electron chi connectivity index (χ4n) is 2.91. The van der Waals surface area contributed by atoms with E-state index in [0.717, 1.165) is 5.82 Å². The number of ether oxygens (including phenoxy) is 1. The Morgan fingerprint density at radius 2 is 2.17 bits per heavy atom. The van der Waals surface area contributed by atoms with Gasteiger partial charge in [0.05, 0.1) is 6.10 Å². The van der Waals surface area contributed by atoms with Crippen molar-refractivity contribution in [3.63, 3.8) is 0 Å². The molecule has 1 aliphatic rings. The van der Waals surface area contributed by atoms with Crippen molar-refractivity contribution < 1.29 is 9.53 Å². The molecule has 2 rings (SSSR count). The minimum Gasteiger partial charge on any atom is -0.378 e. The predicted octanol–water partition coefficient (Wildman–Crippen LogP) is 1.68. The van der Waals surface area contributed by atoms with Crippen molar-refractivity contribution in [2.45, 2.75) is 52.3 Å². The van der Waals surface area contributed by atoms with Gasteiger partial charge in [0.2, 0.25) is 5.91 Å². The summed E-state index contributed by atoms with van der Waals surface area (Å²) >= 11 is 0. The molecule has 3 N–H and O–H groups in total. The van der Waals surface area contributed by atoms with Crippen LogP contribution >= 0.6 is 24.8 Å². The maximum Gasteiger partial charge on any atom is 0.240 e. The van der Waals surface area contributed by atoms with Crippen LogP contribution in [-0.4, -0.2) is 40.3 Å². The lowest BCUT2D eigenvalue weighted by atomic mass is 9.54. The van der Waals surface area contributed by atoms with Crippen molar-refractivity contribution >= 4 is 30.7 Å². The number of imidazole rings is 1. The zero-order chi connectivity index (χ0) is 15.7. The molecule has 1 aliphatic carbocycles. The molecule has 0 aliphatic heterocycles. The average Bonchev–Trinajstić information content (AvgIpc) is 2.84. The number of halogens is 2. The number of carbonyl (C=O) groups excluding carboxylic acids is 1. The van der Waals surface area contributed by atoms with E-state index in [0.29, 0.717) is 26.1 Å². The van der Waals surface area contributed by atoms with Crippen molar-refractivity contribution in [2.24, 2.45) is 11.1 Å². The van der Waals surface area contributed by atoms with Crippen LogP contribution in [0.5, 0.6) is 0 Å². The first-order valence-electron chi connectivity index (χ1n) is 7.49. The largest absolute Gasteiger partial charge is 0.378 e. The summed E-state index contributed by atoms with van der Waals surface area (Å²) in [6.45, 7) is 9.78. The number of nitrogens with one attached hydrogen (secondary N) is 1. The number of nitrogens with two attached hydrogens (primary N) is 1. The quantitative estimate of drug-likeness (QED) is 0.802. The van der Waals surface area contributed by atoms with Crippen LogP contribution in [0.4, 0.5) is 0 Å². The summed E-state index contributed by atoms with van der Waals surface area (Å²) in [5.41, 5.74) is 5.12. The highest BCUT2D eigenvalue weighted by molar-refractivity contribution is 5.88. The third kappa shape index (κ3) is 3.99. The van der Waals surface area contributed by atoms with Gasteiger partial charge in [0.1, 0.15) is 11.4 Å². The summed E-state index contributed by atoms with van der Waals surface area (Å²) < 4.78 is 7.64. The third-order valence-corrected chi connectivity index (χ3v) is 4.80. The van der Waals surface area contributed by atoms with Crippen LogP contribution in [0.2, 0.25) is 0 Å². The van der Waals surface area contributed by atoms with Gasteiger partial charge in [0, 0.05) is 43.9 Å². The molecule has 2 atom stereocenters. The monoisotopic (exact) mass is 366 g/mol. The Morgan fingerprint density at radius 1 is 1.52 bits per heavy atom. The van der Waals surface area contributed by atoms with E-state index >= 15 is 0 Å². The van der Waals surface area contributed by atoms with Crippen molar-refractivity contribution in [3.8, 4) is 0 Å². The summed E-state index contributed by atoms with van der Waals surface area (Å²) in [6.07, 6.45) is 4.28. The zero-order valence-corrected chi connectivity index (χ0v) is 15.8. The fraction of sp³-hybridized carbons (Fsp3) is 0.733. The van der Waals surface area contributed by atoms with Crippen LogP contribution in [0.25, 0.3) is 0 Å². The highest BCUT2D eigenvalue weighted by Gasteiger charge is 2.62. The van der Waals surface area contributed by atoms with E-state index in [4.69, 9.17) is 10.5 Å². The first-order valence-corrected chi connectivity index (χ1v) is 7.49. The Hall–Kier alpha value is -0.820. The van der Waals surface area contributed by atoms with Crippen LogP contribution in [0.1, 0.15) is 33.0 Å². The number of aromatic nitrogens is 2. The second-order valence-electron chi connectivity index (χ2n) is 6.26. The maximum absolute atomic E-state index is 12.4. The van der Waals surface area contributed by atoms with Crippen LogP contribution in [-0.2, 0) is 16.1 Å². The fourth-order valence-corrected chi connectivity index (χ4v) is 2.91. The van der Waals surface area contributed by atoms with E-state index in [1.807, 2.05) is 38.5 Å². The van der Waals surface area contributed by atoms with Gasteiger partial charge in [-0.25, -0.2) is 4.98 Å². The molecule has 1 amide bonds. The molecule has 0 aromatic carbocycles. The molecular weight excluding hydrogens is 339 g/mol. The first kappa shape index (κ1) is 22.2. The Kier molecular flexibility index (Phi) is 8.03. The molecule has 8 heteroatoms. The lowest BCUT2D eigenvalue weighted by Crippen LogP contribution is -2.75. The molecule has 134 valence electrons. The average molecular weight is 367 g/mol. The molecule has 1 aromatic heterocycles. The van der Waals surface area contributed by atoms with Gasteiger partial charge in [0.25, 0.3) is 0 Å². The minimum atomic E-state index is -0.850. The number of carbonyl (C=O) groups is 1. The molecule has 0 bridgehead atoms. The molecule has 2 unspecified atom stereocenters. The smallest absolute Gasteiger partial charge is 0.240 e. The molecule has 0 spiro atoms. The van der Waals surface area contributed by atoms with Gasteiger partial charge in [-0.15, -0.1) is 24.8 Å². The molecule has 1 heterocycles. The Balaban J connectivity index is 0.00000242. The second-order valence-corrected chi connectivity index (χ2v) is 6.26. The standard InChI is InChI=1S/C15H26N4O2.2ClH/c1-5-21-12-10-15(16,14(12,3)4)13(20)18-7-9-19-8-6-17-11(19)2;;/h6,8,12H,5,7,9-10,16H2,1-4H3,(H,18,20);2*1H. The molecule has 1 fully saturated rings. The van der Waals surface area contributed by atoms with Crippen molar-refractivity contribution in [1.82, 2.24) is 14.9 Å². The minimum absolute atomic E-state index is 0. The third-order valence-electron chi connectivity index (χ3n) is 4.80. The van der Waals surface area contributed by atoms with Crippen LogP contribution in [0.3, 0.4) is 0 Å². The summed E-state index contributed by atoms with van der Waals surface area (Å²) in [5, 5.41) is 2.94. The van der Waals surface area contributed by atoms with Crippen LogP contribution in [0.15, 0.2) is 12.4 Å². The number of hydrogen-bond donors (Lipinski definition) is 2. The normalized spacial score (nSPS) is 24.8. The summed E-state index contributed by atoms with van der Waals surface area (Å²) in [6, 6.07) is 0. The Morgan fingerprint density at radius 3 is 2.65 bits per heavy atom. The summed E-state index contributed by atoms with van der Waals surface area (Å²) in [4.78, 5) is 16.6. The lowest BCUT2D eigenvalue weighted by Gasteiger charge is -2.57. The van der Waals surface area contributed by atoms with E-state index in [9.17, 15) is 4.79 Å². The van der Waals surface area contributed by atoms with E-state index < -0.39 is 5.54 Å². The molecule has 0 radical (unpaired) electrons. The Bertz CT molecular complexity index is 521. The van der Waals surface area contributed by atoms with Crippen LogP contribution in [0, 0.1) is 12.3 Å². The first-order chi connectivity index (χ1) is 9.83. The second kappa shape index (κ2) is 8.33. The van der Waals surface area contributed by atoms with Gasteiger partial charge >= 0.3 is 0 Å². The summed E-state index contributed by atoms with van der Waals surface area (Å²) in [7, 11) is 0. The van der Waals surface area contributed by atoms with E-state index in [1.165, 1.54) is 0 Å². The van der Waals surface area contributed by atoms with E-state index in [1.54, 1.807) is 6.20 Å². The Labute approximate surface area is 150 Å². The molecule has 1 saturated carbocycles. The highest BCUT2D eigenvalue weighted by atomic mass is 35.5. The number of aryl methyl sites for hydroxylation is 1. The predicted molar refractivity (Wildman–Crippen MR) is 95.2 cm³/mol. The van der Waals surface area contributed by atoms with Crippen molar-refractivity contribution in [1.29, 1.82) is 0 Å². The van der Waals surface area contributed by atoms with Gasteiger partial charge in [-0.1, -0.05) is 13.8 Å². The summed E-state index contributed by atoms with van der Waals surface area (Å²) in [5.74, 6) is 0.841.